The molecule has 0 aliphatic heterocycles. The van der Waals surface area contributed by atoms with Gasteiger partial charge in [0.15, 0.2) is 12.2 Å². The number of ether oxygens (including phenoxy) is 4. The van der Waals surface area contributed by atoms with Gasteiger partial charge in [-0.25, -0.2) is 9.13 Å². The molecule has 0 spiro atoms. The molecule has 5 unspecified atom stereocenters. The number of carbonyl (C=O) groups is 4. The minimum atomic E-state index is -5.01. The summed E-state index contributed by atoms with van der Waals surface area (Å²) < 4.78 is 68.5. The lowest BCUT2D eigenvalue weighted by Crippen LogP contribution is -2.30. The zero-order valence-corrected chi connectivity index (χ0v) is 68.5. The van der Waals surface area contributed by atoms with Crippen molar-refractivity contribution in [2.45, 2.75) is 303 Å². The predicted molar refractivity (Wildman–Crippen MR) is 445 cm³/mol. The van der Waals surface area contributed by atoms with Gasteiger partial charge in [0.1, 0.15) is 19.3 Å². The van der Waals surface area contributed by atoms with Gasteiger partial charge in [0.05, 0.1) is 26.4 Å². The molecule has 0 saturated carbocycles. The van der Waals surface area contributed by atoms with E-state index in [0.29, 0.717) is 38.5 Å². The summed E-state index contributed by atoms with van der Waals surface area (Å²) >= 11 is 0. The summed E-state index contributed by atoms with van der Waals surface area (Å²) in [7, 11) is -10.0. The number of allylic oxidation sites excluding steroid dienone is 32. The van der Waals surface area contributed by atoms with Gasteiger partial charge >= 0.3 is 39.5 Å². The van der Waals surface area contributed by atoms with E-state index in [1.807, 2.05) is 18.2 Å². The highest BCUT2D eigenvalue weighted by Crippen LogP contribution is 2.45. The van der Waals surface area contributed by atoms with E-state index in [9.17, 15) is 43.2 Å². The average Bonchev–Trinajstić information content (AvgIpc) is 0.923. The molecule has 0 radical (unpaired) electrons. The van der Waals surface area contributed by atoms with Crippen LogP contribution in [0.15, 0.2) is 194 Å². The van der Waals surface area contributed by atoms with Crippen LogP contribution < -0.4 is 0 Å². The number of unbranched alkanes of at least 4 members (excludes halogenated alkanes) is 16. The zero-order valence-electron chi connectivity index (χ0n) is 66.7. The van der Waals surface area contributed by atoms with E-state index in [2.05, 4.69) is 204 Å². The van der Waals surface area contributed by atoms with Crippen molar-refractivity contribution >= 4 is 39.5 Å². The number of rotatable bonds is 74. The number of esters is 4. The van der Waals surface area contributed by atoms with Crippen molar-refractivity contribution in [1.82, 2.24) is 0 Å². The number of aliphatic hydroxyl groups excluding tert-OH is 1. The predicted octanol–water partition coefficient (Wildman–Crippen LogP) is 24.1. The lowest BCUT2D eigenvalue weighted by Gasteiger charge is -2.21. The third-order valence-electron chi connectivity index (χ3n) is 16.0. The highest BCUT2D eigenvalue weighted by Gasteiger charge is 2.30. The molecule has 19 heteroatoms. The highest BCUT2D eigenvalue weighted by molar-refractivity contribution is 7.47. The summed E-state index contributed by atoms with van der Waals surface area (Å²) in [5, 5.41) is 10.7. The van der Waals surface area contributed by atoms with Crippen molar-refractivity contribution in [3.05, 3.63) is 194 Å². The molecule has 0 heterocycles. The maximum Gasteiger partial charge on any atom is 0.472 e. The molecular formula is C89H142O17P2. The molecule has 0 aromatic carbocycles. The Hall–Kier alpha value is -6.10. The van der Waals surface area contributed by atoms with E-state index in [1.165, 1.54) is 38.5 Å². The van der Waals surface area contributed by atoms with Crippen LogP contribution in [-0.2, 0) is 65.4 Å². The van der Waals surface area contributed by atoms with Gasteiger partial charge in [0.2, 0.25) is 0 Å². The van der Waals surface area contributed by atoms with Crippen molar-refractivity contribution in [2.24, 2.45) is 0 Å². The fourth-order valence-corrected chi connectivity index (χ4v) is 11.5. The molecule has 17 nitrogen and oxygen atoms in total. The number of hydrogen-bond donors (Lipinski definition) is 3. The van der Waals surface area contributed by atoms with Crippen molar-refractivity contribution in [1.29, 1.82) is 0 Å². The first-order valence-corrected chi connectivity index (χ1v) is 43.7. The van der Waals surface area contributed by atoms with E-state index in [1.54, 1.807) is 0 Å². The van der Waals surface area contributed by atoms with Crippen LogP contribution in [0.4, 0.5) is 0 Å². The fourth-order valence-electron chi connectivity index (χ4n) is 9.96. The summed E-state index contributed by atoms with van der Waals surface area (Å²) in [6, 6.07) is 0. The Kier molecular flexibility index (Phi) is 74.5. The number of phosphoric ester groups is 2. The van der Waals surface area contributed by atoms with Crippen molar-refractivity contribution < 1.29 is 80.2 Å². The second-order valence-electron chi connectivity index (χ2n) is 26.2. The molecule has 0 fully saturated rings. The van der Waals surface area contributed by atoms with Crippen LogP contribution >= 0.6 is 15.6 Å². The standard InChI is InChI=1S/C89H142O17P2/c1-5-9-13-17-21-25-29-33-37-39-41-43-47-49-53-57-61-65-69-73-86(91)99-79-84(105-88(93)75-71-67-63-59-55-51-45-35-31-27-23-19-15-11-7-3)81-103-107(95,96)101-77-83(90)78-102-108(97,98)104-82-85(106-89(94)76-72-68-64-60-56-52-46-36-32-28-24-20-16-12-8-4)80-100-87(92)74-70-66-62-58-54-50-48-44-42-40-38-34-30-26-22-18-14-10-6-2/h9-11,13-15,21-23,25-27,33-38,41-46,49-50,53-55,59,62,66,83-85,90H,5-8,12,16-20,24,28-32,39-40,47-48,51-52,56-58,60-61,63-65,67-82H2,1-4H3,(H,95,96)(H,97,98)/b13-9-,14-10-,15-11-,25-21-,26-22-,27-23-,37-33-,38-34-,43-41-,44-42-,45-35-,46-36-,53-49-,54-50-,59-55-,66-62-. The molecule has 0 aliphatic rings. The first-order valence-electron chi connectivity index (χ1n) is 40.7. The second kappa shape index (κ2) is 79.0. The zero-order chi connectivity index (χ0) is 78.9. The Bertz CT molecular complexity index is 2810. The van der Waals surface area contributed by atoms with E-state index in [-0.39, 0.29) is 25.7 Å². The molecule has 0 amide bonds. The van der Waals surface area contributed by atoms with Crippen molar-refractivity contribution in [3.63, 3.8) is 0 Å². The van der Waals surface area contributed by atoms with Crippen LogP contribution in [0.3, 0.4) is 0 Å². The van der Waals surface area contributed by atoms with Gasteiger partial charge in [-0.05, 0) is 173 Å². The Labute approximate surface area is 653 Å². The number of hydrogen-bond acceptors (Lipinski definition) is 15. The molecule has 3 N–H and O–H groups in total. The maximum atomic E-state index is 13.1. The Morgan fingerprint density at radius 1 is 0.269 bits per heavy atom. The van der Waals surface area contributed by atoms with E-state index in [0.717, 1.165) is 154 Å². The average molecular weight is 1550 g/mol. The van der Waals surface area contributed by atoms with Gasteiger partial charge in [0.25, 0.3) is 0 Å². The Balaban J connectivity index is 5.52. The highest BCUT2D eigenvalue weighted by atomic mass is 31.2. The molecule has 108 heavy (non-hydrogen) atoms. The van der Waals surface area contributed by atoms with Crippen LogP contribution in [0, 0.1) is 0 Å². The first kappa shape index (κ1) is 102. The van der Waals surface area contributed by atoms with E-state index >= 15 is 0 Å². The van der Waals surface area contributed by atoms with E-state index < -0.39 is 97.5 Å². The van der Waals surface area contributed by atoms with Crippen LogP contribution in [0.1, 0.15) is 285 Å². The first-order chi connectivity index (χ1) is 52.7. The summed E-state index contributed by atoms with van der Waals surface area (Å²) in [6.45, 7) is 4.32. The number of carbonyl (C=O) groups excluding carboxylic acids is 4. The van der Waals surface area contributed by atoms with Gasteiger partial charge in [-0.3, -0.25) is 37.3 Å². The largest absolute Gasteiger partial charge is 0.472 e. The molecular weight excluding hydrogens is 1400 g/mol. The number of phosphoric acid groups is 2. The summed E-state index contributed by atoms with van der Waals surface area (Å²) in [5.41, 5.74) is 0. The van der Waals surface area contributed by atoms with Crippen molar-refractivity contribution in [3.8, 4) is 0 Å². The Morgan fingerprint density at radius 3 is 0.833 bits per heavy atom. The third-order valence-corrected chi connectivity index (χ3v) is 17.9. The number of aliphatic hydroxyl groups is 1. The molecule has 0 aromatic rings. The van der Waals surface area contributed by atoms with Crippen LogP contribution in [-0.4, -0.2) is 96.7 Å². The minimum Gasteiger partial charge on any atom is -0.462 e. The van der Waals surface area contributed by atoms with Gasteiger partial charge in [0, 0.05) is 25.7 Å². The smallest absolute Gasteiger partial charge is 0.462 e. The topological polar surface area (TPSA) is 237 Å². The lowest BCUT2D eigenvalue weighted by atomic mass is 10.1. The SMILES string of the molecule is CC/C=C\C/C=C\C/C=C\C/C=C\C/C=C\C/C=C\CCC(=O)OCC(COP(=O)(O)OCC(O)COP(=O)(O)OCC(COC(=O)CCCCC/C=C\C/C=C\C/C=C\C/C=C\C/C=C\CC)OC(=O)CCCC/C=C\C/C=C\C/C=C\C/C=C\CC)OC(=O)CCCCCCC/C=C\CCCCCCCC. The van der Waals surface area contributed by atoms with Gasteiger partial charge in [-0.1, -0.05) is 280 Å². The second-order valence-corrected chi connectivity index (χ2v) is 29.1. The third kappa shape index (κ3) is 78.0. The molecule has 0 rings (SSSR count). The summed E-state index contributed by atoms with van der Waals surface area (Å²) in [4.78, 5) is 73.1. The normalized spacial score (nSPS) is 14.8. The molecule has 0 saturated heterocycles. The lowest BCUT2D eigenvalue weighted by molar-refractivity contribution is -0.161. The summed E-state index contributed by atoms with van der Waals surface area (Å²) in [5.74, 6) is -2.39. The minimum absolute atomic E-state index is 0.0253. The monoisotopic (exact) mass is 1540 g/mol. The quantitative estimate of drug-likeness (QED) is 0.0169. The van der Waals surface area contributed by atoms with Crippen LogP contribution in [0.5, 0.6) is 0 Å². The fraction of sp³-hybridized carbons (Fsp3) is 0.596. The van der Waals surface area contributed by atoms with Gasteiger partial charge in [-0.2, -0.15) is 0 Å². The van der Waals surface area contributed by atoms with E-state index in [4.69, 9.17) is 37.0 Å². The maximum absolute atomic E-state index is 13.1. The van der Waals surface area contributed by atoms with Gasteiger partial charge in [-0.15, -0.1) is 0 Å². The molecule has 610 valence electrons. The Morgan fingerprint density at radius 2 is 0.500 bits per heavy atom. The molecule has 0 bridgehead atoms. The summed E-state index contributed by atoms with van der Waals surface area (Å²) in [6.07, 6.45) is 97.1. The molecule has 0 aliphatic carbocycles. The van der Waals surface area contributed by atoms with Crippen molar-refractivity contribution in [2.75, 3.05) is 39.6 Å². The van der Waals surface area contributed by atoms with Crippen LogP contribution in [0.25, 0.3) is 0 Å². The van der Waals surface area contributed by atoms with Gasteiger partial charge < -0.3 is 33.8 Å². The van der Waals surface area contributed by atoms with Crippen LogP contribution in [0.2, 0.25) is 0 Å². The molecule has 5 atom stereocenters. The molecule has 0 aromatic heterocycles.